The van der Waals surface area contributed by atoms with E-state index < -0.39 is 12.0 Å². The molecule has 16 heavy (non-hydrogen) atoms. The van der Waals surface area contributed by atoms with Gasteiger partial charge < -0.3 is 10.0 Å². The molecule has 0 saturated heterocycles. The van der Waals surface area contributed by atoms with Crippen LogP contribution >= 0.6 is 11.6 Å². The van der Waals surface area contributed by atoms with Gasteiger partial charge in [-0.25, -0.2) is 4.79 Å². The van der Waals surface area contributed by atoms with Crippen LogP contribution in [0.3, 0.4) is 0 Å². The molecule has 0 aliphatic rings. The standard InChI is InChI=1S/C12H16ClNO2/c1-3-7-14(9(2)12(15)16)11-6-4-5-10(13)8-11/h4-6,8-9H,3,7H2,1-2H3,(H,15,16). The quantitative estimate of drug-likeness (QED) is 0.862. The van der Waals surface area contributed by atoms with Crippen LogP contribution in [-0.4, -0.2) is 23.7 Å². The van der Waals surface area contributed by atoms with Crippen LogP contribution < -0.4 is 4.90 Å². The van der Waals surface area contributed by atoms with Crippen molar-refractivity contribution in [2.75, 3.05) is 11.4 Å². The van der Waals surface area contributed by atoms with Crippen molar-refractivity contribution in [3.05, 3.63) is 29.3 Å². The number of aliphatic carboxylic acids is 1. The SMILES string of the molecule is CCCN(c1cccc(Cl)c1)C(C)C(=O)O. The Balaban J connectivity index is 2.97. The number of anilines is 1. The summed E-state index contributed by atoms with van der Waals surface area (Å²) in [5.41, 5.74) is 0.851. The lowest BCUT2D eigenvalue weighted by atomic mass is 10.2. The Morgan fingerprint density at radius 1 is 1.56 bits per heavy atom. The Hall–Kier alpha value is -1.22. The summed E-state index contributed by atoms with van der Waals surface area (Å²) in [6.07, 6.45) is 0.893. The van der Waals surface area contributed by atoms with Crippen LogP contribution in [0, 0.1) is 0 Å². The first kappa shape index (κ1) is 12.8. The van der Waals surface area contributed by atoms with Crippen molar-refractivity contribution >= 4 is 23.3 Å². The first-order chi connectivity index (χ1) is 7.56. The van der Waals surface area contributed by atoms with E-state index in [-0.39, 0.29) is 0 Å². The van der Waals surface area contributed by atoms with Crippen molar-refractivity contribution in [3.63, 3.8) is 0 Å². The van der Waals surface area contributed by atoms with Crippen LogP contribution in [0.15, 0.2) is 24.3 Å². The van der Waals surface area contributed by atoms with E-state index in [1.807, 2.05) is 24.0 Å². The Bertz CT molecular complexity index is 368. The van der Waals surface area contributed by atoms with Crippen LogP contribution in [0.25, 0.3) is 0 Å². The summed E-state index contributed by atoms with van der Waals surface area (Å²) >= 11 is 5.90. The fourth-order valence-electron chi connectivity index (χ4n) is 1.58. The van der Waals surface area contributed by atoms with E-state index in [1.165, 1.54) is 0 Å². The highest BCUT2D eigenvalue weighted by molar-refractivity contribution is 6.30. The number of carboxylic acids is 1. The second-order valence-corrected chi connectivity index (χ2v) is 4.12. The number of hydrogen-bond donors (Lipinski definition) is 1. The van der Waals surface area contributed by atoms with E-state index in [1.54, 1.807) is 19.1 Å². The number of benzene rings is 1. The Morgan fingerprint density at radius 2 is 2.25 bits per heavy atom. The van der Waals surface area contributed by atoms with Gasteiger partial charge in [-0.15, -0.1) is 0 Å². The molecular formula is C12H16ClNO2. The van der Waals surface area contributed by atoms with E-state index in [2.05, 4.69) is 0 Å². The van der Waals surface area contributed by atoms with Gasteiger partial charge in [0.25, 0.3) is 0 Å². The topological polar surface area (TPSA) is 40.5 Å². The van der Waals surface area contributed by atoms with Crippen molar-refractivity contribution in [3.8, 4) is 0 Å². The molecule has 0 aliphatic carbocycles. The minimum absolute atomic E-state index is 0.543. The maximum absolute atomic E-state index is 11.0. The van der Waals surface area contributed by atoms with Crippen LogP contribution in [0.1, 0.15) is 20.3 Å². The summed E-state index contributed by atoms with van der Waals surface area (Å²) in [5, 5.41) is 9.66. The smallest absolute Gasteiger partial charge is 0.326 e. The molecule has 1 N–H and O–H groups in total. The molecule has 1 rings (SSSR count). The number of nitrogens with zero attached hydrogens (tertiary/aromatic N) is 1. The average molecular weight is 242 g/mol. The molecule has 0 radical (unpaired) electrons. The fraction of sp³-hybridized carbons (Fsp3) is 0.417. The van der Waals surface area contributed by atoms with E-state index in [9.17, 15) is 4.79 Å². The third kappa shape index (κ3) is 3.14. The lowest BCUT2D eigenvalue weighted by Gasteiger charge is -2.28. The van der Waals surface area contributed by atoms with Gasteiger partial charge >= 0.3 is 5.97 Å². The number of carboxylic acid groups (broad SMARTS) is 1. The molecule has 0 fully saturated rings. The highest BCUT2D eigenvalue weighted by Gasteiger charge is 2.20. The minimum Gasteiger partial charge on any atom is -0.480 e. The number of halogens is 1. The van der Waals surface area contributed by atoms with Gasteiger partial charge in [0, 0.05) is 17.3 Å². The second-order valence-electron chi connectivity index (χ2n) is 3.69. The molecule has 0 aliphatic heterocycles. The Morgan fingerprint density at radius 3 is 2.75 bits per heavy atom. The Labute approximate surface area is 101 Å². The zero-order valence-electron chi connectivity index (χ0n) is 9.48. The molecule has 0 saturated carbocycles. The molecular weight excluding hydrogens is 226 g/mol. The van der Waals surface area contributed by atoms with Gasteiger partial charge in [-0.05, 0) is 31.5 Å². The van der Waals surface area contributed by atoms with Crippen molar-refractivity contribution in [1.82, 2.24) is 0 Å². The molecule has 0 aromatic heterocycles. The van der Waals surface area contributed by atoms with Crippen LogP contribution in [-0.2, 0) is 4.79 Å². The summed E-state index contributed by atoms with van der Waals surface area (Å²) < 4.78 is 0. The number of hydrogen-bond acceptors (Lipinski definition) is 2. The molecule has 0 amide bonds. The predicted octanol–water partition coefficient (Wildman–Crippen LogP) is 3.03. The first-order valence-electron chi connectivity index (χ1n) is 5.31. The lowest BCUT2D eigenvalue weighted by Crippen LogP contribution is -2.39. The minimum atomic E-state index is -0.826. The van der Waals surface area contributed by atoms with Crippen LogP contribution in [0.4, 0.5) is 5.69 Å². The summed E-state index contributed by atoms with van der Waals surface area (Å²) in [6, 6.07) is 6.73. The molecule has 1 unspecified atom stereocenters. The second kappa shape index (κ2) is 5.75. The van der Waals surface area contributed by atoms with Gasteiger partial charge in [-0.2, -0.15) is 0 Å². The monoisotopic (exact) mass is 241 g/mol. The van der Waals surface area contributed by atoms with Crippen molar-refractivity contribution in [1.29, 1.82) is 0 Å². The highest BCUT2D eigenvalue weighted by Crippen LogP contribution is 2.21. The molecule has 1 aromatic rings. The summed E-state index contributed by atoms with van der Waals surface area (Å²) in [6.45, 7) is 4.40. The molecule has 88 valence electrons. The number of rotatable bonds is 5. The van der Waals surface area contributed by atoms with Gasteiger partial charge in [0.1, 0.15) is 6.04 Å². The first-order valence-corrected chi connectivity index (χ1v) is 5.69. The predicted molar refractivity (Wildman–Crippen MR) is 66.2 cm³/mol. The normalized spacial score (nSPS) is 12.2. The van der Waals surface area contributed by atoms with Crippen molar-refractivity contribution < 1.29 is 9.90 Å². The van der Waals surface area contributed by atoms with Crippen molar-refractivity contribution in [2.45, 2.75) is 26.3 Å². The van der Waals surface area contributed by atoms with Gasteiger partial charge in [0.05, 0.1) is 0 Å². The van der Waals surface area contributed by atoms with E-state index in [0.717, 1.165) is 12.1 Å². The third-order valence-corrected chi connectivity index (χ3v) is 2.66. The fourth-order valence-corrected chi connectivity index (χ4v) is 1.76. The van der Waals surface area contributed by atoms with Gasteiger partial charge in [0.2, 0.25) is 0 Å². The van der Waals surface area contributed by atoms with Gasteiger partial charge in [-0.1, -0.05) is 24.6 Å². The van der Waals surface area contributed by atoms with E-state index in [4.69, 9.17) is 16.7 Å². The lowest BCUT2D eigenvalue weighted by molar-refractivity contribution is -0.138. The Kier molecular flexibility index (Phi) is 4.62. The molecule has 3 nitrogen and oxygen atoms in total. The molecule has 1 aromatic carbocycles. The molecule has 0 spiro atoms. The summed E-state index contributed by atoms with van der Waals surface area (Å²) in [5.74, 6) is -0.826. The maximum Gasteiger partial charge on any atom is 0.326 e. The summed E-state index contributed by atoms with van der Waals surface area (Å²) in [7, 11) is 0. The third-order valence-electron chi connectivity index (χ3n) is 2.43. The van der Waals surface area contributed by atoms with E-state index >= 15 is 0 Å². The summed E-state index contributed by atoms with van der Waals surface area (Å²) in [4.78, 5) is 12.8. The molecule has 0 bridgehead atoms. The zero-order valence-corrected chi connectivity index (χ0v) is 10.2. The maximum atomic E-state index is 11.0. The average Bonchev–Trinajstić information content (AvgIpc) is 2.24. The zero-order chi connectivity index (χ0) is 12.1. The van der Waals surface area contributed by atoms with Crippen LogP contribution in [0.2, 0.25) is 5.02 Å². The van der Waals surface area contributed by atoms with E-state index in [0.29, 0.717) is 11.6 Å². The van der Waals surface area contributed by atoms with Crippen molar-refractivity contribution in [2.24, 2.45) is 0 Å². The molecule has 4 heteroatoms. The van der Waals surface area contributed by atoms with Crippen LogP contribution in [0.5, 0.6) is 0 Å². The molecule has 0 heterocycles. The number of carbonyl (C=O) groups is 1. The highest BCUT2D eigenvalue weighted by atomic mass is 35.5. The largest absolute Gasteiger partial charge is 0.480 e. The molecule has 1 atom stereocenters. The van der Waals surface area contributed by atoms with Gasteiger partial charge in [-0.3, -0.25) is 0 Å². The van der Waals surface area contributed by atoms with Gasteiger partial charge in [0.15, 0.2) is 0 Å².